The zero-order valence-corrected chi connectivity index (χ0v) is 10.0. The van der Waals surface area contributed by atoms with Crippen LogP contribution in [-0.4, -0.2) is 41.6 Å². The van der Waals surface area contributed by atoms with E-state index in [1.807, 2.05) is 0 Å². The van der Waals surface area contributed by atoms with Crippen molar-refractivity contribution in [3.63, 3.8) is 0 Å². The highest BCUT2D eigenvalue weighted by molar-refractivity contribution is 5.80. The highest BCUT2D eigenvalue weighted by Crippen LogP contribution is 2.29. The lowest BCUT2D eigenvalue weighted by molar-refractivity contribution is -0.137. The molecule has 0 heterocycles. The summed E-state index contributed by atoms with van der Waals surface area (Å²) >= 11 is 0. The van der Waals surface area contributed by atoms with Gasteiger partial charge in [-0.05, 0) is 37.5 Å². The fourth-order valence-corrected chi connectivity index (χ4v) is 2.04. The summed E-state index contributed by atoms with van der Waals surface area (Å²) in [6.07, 6.45) is 5.85. The molecule has 5 heteroatoms. The lowest BCUT2D eigenvalue weighted by Crippen LogP contribution is -2.45. The Balaban J connectivity index is 1.75. The fourth-order valence-electron chi connectivity index (χ4n) is 2.04. The molecule has 0 bridgehead atoms. The first-order valence-corrected chi connectivity index (χ1v) is 6.39. The van der Waals surface area contributed by atoms with Crippen molar-refractivity contribution in [3.05, 3.63) is 0 Å². The first-order chi connectivity index (χ1) is 8.15. The van der Waals surface area contributed by atoms with Crippen molar-refractivity contribution >= 4 is 12.0 Å². The second kappa shape index (κ2) is 5.38. The van der Waals surface area contributed by atoms with Gasteiger partial charge in [0.15, 0.2) is 0 Å². The van der Waals surface area contributed by atoms with Crippen LogP contribution in [0.2, 0.25) is 0 Å². The molecule has 2 saturated carbocycles. The number of carboxylic acids is 1. The third-order valence-electron chi connectivity index (χ3n) is 3.56. The van der Waals surface area contributed by atoms with Gasteiger partial charge in [-0.15, -0.1) is 0 Å². The number of carbonyl (C=O) groups excluding carboxylic acids is 1. The van der Waals surface area contributed by atoms with E-state index in [-0.39, 0.29) is 12.6 Å². The molecule has 0 atom stereocenters. The summed E-state index contributed by atoms with van der Waals surface area (Å²) in [6, 6.07) is -0.216. The molecule has 0 aromatic rings. The van der Waals surface area contributed by atoms with Gasteiger partial charge < -0.3 is 15.3 Å². The van der Waals surface area contributed by atoms with Gasteiger partial charge in [0.25, 0.3) is 0 Å². The minimum Gasteiger partial charge on any atom is -0.480 e. The van der Waals surface area contributed by atoms with Gasteiger partial charge in [-0.3, -0.25) is 4.79 Å². The van der Waals surface area contributed by atoms with Gasteiger partial charge in [-0.25, -0.2) is 4.79 Å². The Hall–Kier alpha value is -1.26. The number of nitrogens with zero attached hydrogens (tertiary/aromatic N) is 1. The lowest BCUT2D eigenvalue weighted by Gasteiger charge is -2.27. The molecule has 0 saturated heterocycles. The van der Waals surface area contributed by atoms with E-state index in [9.17, 15) is 9.59 Å². The Bertz CT molecular complexity index is 298. The van der Waals surface area contributed by atoms with Crippen LogP contribution in [0.3, 0.4) is 0 Å². The second-order valence-electron chi connectivity index (χ2n) is 5.20. The maximum atomic E-state index is 11.8. The van der Waals surface area contributed by atoms with Gasteiger partial charge in [0.05, 0.1) is 0 Å². The predicted molar refractivity (Wildman–Crippen MR) is 62.7 cm³/mol. The van der Waals surface area contributed by atoms with Crippen molar-refractivity contribution in [2.24, 2.45) is 11.8 Å². The van der Waals surface area contributed by atoms with Crippen LogP contribution in [0.25, 0.3) is 0 Å². The number of rotatable bonds is 6. The Morgan fingerprint density at radius 1 is 1.18 bits per heavy atom. The smallest absolute Gasteiger partial charge is 0.323 e. The SMILES string of the molecule is O=C(O)CN(CC1CC1)C(=O)NCC1CCC1. The summed E-state index contributed by atoms with van der Waals surface area (Å²) in [4.78, 5) is 24.0. The molecule has 5 nitrogen and oxygen atoms in total. The van der Waals surface area contributed by atoms with Crippen molar-refractivity contribution in [3.8, 4) is 0 Å². The Morgan fingerprint density at radius 2 is 1.88 bits per heavy atom. The van der Waals surface area contributed by atoms with E-state index in [1.54, 1.807) is 0 Å². The predicted octanol–water partition coefficient (Wildman–Crippen LogP) is 1.29. The third-order valence-corrected chi connectivity index (χ3v) is 3.56. The number of amides is 2. The van der Waals surface area contributed by atoms with Crippen LogP contribution in [0.4, 0.5) is 4.79 Å². The number of hydrogen-bond acceptors (Lipinski definition) is 2. The van der Waals surface area contributed by atoms with Crippen LogP contribution in [-0.2, 0) is 4.79 Å². The van der Waals surface area contributed by atoms with Gasteiger partial charge in [0.1, 0.15) is 6.54 Å². The molecule has 2 N–H and O–H groups in total. The molecule has 2 amide bonds. The molecule has 2 aliphatic rings. The van der Waals surface area contributed by atoms with Crippen molar-refractivity contribution in [1.29, 1.82) is 0 Å². The quantitative estimate of drug-likeness (QED) is 0.735. The molecule has 0 radical (unpaired) electrons. The lowest BCUT2D eigenvalue weighted by atomic mass is 9.85. The van der Waals surface area contributed by atoms with Crippen LogP contribution in [0, 0.1) is 11.8 Å². The van der Waals surface area contributed by atoms with E-state index in [2.05, 4.69) is 5.32 Å². The van der Waals surface area contributed by atoms with Crippen LogP contribution >= 0.6 is 0 Å². The standard InChI is InChI=1S/C12H20N2O3/c15-11(16)8-14(7-10-4-5-10)12(17)13-6-9-2-1-3-9/h9-10H,1-8H2,(H,13,17)(H,15,16). The minimum absolute atomic E-state index is 0.188. The van der Waals surface area contributed by atoms with E-state index in [4.69, 9.17) is 5.11 Å². The summed E-state index contributed by atoms with van der Waals surface area (Å²) in [5, 5.41) is 11.6. The molecule has 2 rings (SSSR count). The number of hydrogen-bond donors (Lipinski definition) is 2. The average molecular weight is 240 g/mol. The number of carboxylic acid groups (broad SMARTS) is 1. The summed E-state index contributed by atoms with van der Waals surface area (Å²) < 4.78 is 0. The largest absolute Gasteiger partial charge is 0.480 e. The highest BCUT2D eigenvalue weighted by atomic mass is 16.4. The van der Waals surface area contributed by atoms with Crippen LogP contribution in [0.15, 0.2) is 0 Å². The molecule has 0 aromatic carbocycles. The summed E-state index contributed by atoms with van der Waals surface area (Å²) in [5.74, 6) is 0.180. The molecule has 0 unspecified atom stereocenters. The van der Waals surface area contributed by atoms with Gasteiger partial charge in [-0.2, -0.15) is 0 Å². The summed E-state index contributed by atoms with van der Waals surface area (Å²) in [6.45, 7) is 1.09. The Morgan fingerprint density at radius 3 is 2.35 bits per heavy atom. The average Bonchev–Trinajstić information content (AvgIpc) is 2.97. The minimum atomic E-state index is -0.940. The van der Waals surface area contributed by atoms with E-state index in [0.29, 0.717) is 24.9 Å². The van der Waals surface area contributed by atoms with Crippen LogP contribution in [0.1, 0.15) is 32.1 Å². The van der Waals surface area contributed by atoms with Crippen LogP contribution < -0.4 is 5.32 Å². The van der Waals surface area contributed by atoms with E-state index in [1.165, 1.54) is 24.2 Å². The monoisotopic (exact) mass is 240 g/mol. The molecule has 96 valence electrons. The third kappa shape index (κ3) is 3.91. The molecule has 0 aliphatic heterocycles. The summed E-state index contributed by atoms with van der Waals surface area (Å²) in [5.41, 5.74) is 0. The van der Waals surface area contributed by atoms with E-state index < -0.39 is 5.97 Å². The number of carbonyl (C=O) groups is 2. The first kappa shape index (κ1) is 12.2. The van der Waals surface area contributed by atoms with Crippen molar-refractivity contribution in [2.75, 3.05) is 19.6 Å². The van der Waals surface area contributed by atoms with E-state index >= 15 is 0 Å². The van der Waals surface area contributed by atoms with Crippen molar-refractivity contribution in [2.45, 2.75) is 32.1 Å². The molecule has 17 heavy (non-hydrogen) atoms. The zero-order chi connectivity index (χ0) is 12.3. The molecule has 2 aliphatic carbocycles. The van der Waals surface area contributed by atoms with Crippen LogP contribution in [0.5, 0.6) is 0 Å². The maximum Gasteiger partial charge on any atom is 0.323 e. The molecular weight excluding hydrogens is 220 g/mol. The molecule has 2 fully saturated rings. The van der Waals surface area contributed by atoms with Gasteiger partial charge >= 0.3 is 12.0 Å². The normalized spacial score (nSPS) is 19.5. The van der Waals surface area contributed by atoms with Gasteiger partial charge in [-0.1, -0.05) is 6.42 Å². The first-order valence-electron chi connectivity index (χ1n) is 6.39. The molecular formula is C12H20N2O3. The fraction of sp³-hybridized carbons (Fsp3) is 0.833. The zero-order valence-electron chi connectivity index (χ0n) is 10.0. The second-order valence-corrected chi connectivity index (χ2v) is 5.20. The van der Waals surface area contributed by atoms with E-state index in [0.717, 1.165) is 12.8 Å². The maximum absolute atomic E-state index is 11.8. The number of nitrogens with one attached hydrogen (secondary N) is 1. The highest BCUT2D eigenvalue weighted by Gasteiger charge is 2.28. The summed E-state index contributed by atoms with van der Waals surface area (Å²) in [7, 11) is 0. The number of urea groups is 1. The van der Waals surface area contributed by atoms with Crippen molar-refractivity contribution in [1.82, 2.24) is 10.2 Å². The molecule has 0 aromatic heterocycles. The van der Waals surface area contributed by atoms with Gasteiger partial charge in [0.2, 0.25) is 0 Å². The number of aliphatic carboxylic acids is 1. The van der Waals surface area contributed by atoms with Gasteiger partial charge in [0, 0.05) is 13.1 Å². The topological polar surface area (TPSA) is 69.6 Å². The molecule has 0 spiro atoms. The van der Waals surface area contributed by atoms with Crippen molar-refractivity contribution < 1.29 is 14.7 Å². The Kier molecular flexibility index (Phi) is 3.86. The Labute approximate surface area is 101 Å².